The quantitative estimate of drug-likeness (QED) is 0.382. The third-order valence-electron chi connectivity index (χ3n) is 5.39. The minimum Gasteiger partial charge on any atom is -0.452 e. The molecule has 2 heterocycles. The van der Waals surface area contributed by atoms with Crippen LogP contribution in [0.25, 0.3) is 17.0 Å². The number of para-hydroxylation sites is 1. The van der Waals surface area contributed by atoms with Crippen molar-refractivity contribution in [2.45, 2.75) is 4.90 Å². The van der Waals surface area contributed by atoms with Crippen molar-refractivity contribution in [3.05, 3.63) is 77.5 Å². The molecule has 0 saturated carbocycles. The molecule has 8 nitrogen and oxygen atoms in total. The highest BCUT2D eigenvalue weighted by Gasteiger charge is 2.30. The minimum absolute atomic E-state index is 0.151. The molecule has 1 aromatic heterocycles. The summed E-state index contributed by atoms with van der Waals surface area (Å²) in [7, 11) is -3.66. The minimum atomic E-state index is -3.66. The fourth-order valence-electron chi connectivity index (χ4n) is 3.53. The second-order valence-corrected chi connectivity index (χ2v) is 9.98. The first-order valence-electron chi connectivity index (χ1n) is 10.6. The fraction of sp³-hybridized carbons (Fsp3) is 0.208. The van der Waals surface area contributed by atoms with Crippen molar-refractivity contribution in [2.24, 2.45) is 0 Å². The molecule has 0 unspecified atom stereocenters. The van der Waals surface area contributed by atoms with Crippen LogP contribution < -0.4 is 0 Å². The Morgan fingerprint density at radius 1 is 0.971 bits per heavy atom. The highest BCUT2D eigenvalue weighted by atomic mass is 35.5. The van der Waals surface area contributed by atoms with Gasteiger partial charge in [0.25, 0.3) is 5.91 Å². The zero-order chi connectivity index (χ0) is 24.1. The van der Waals surface area contributed by atoms with Crippen LogP contribution in [0.4, 0.5) is 0 Å². The highest BCUT2D eigenvalue weighted by Crippen LogP contribution is 2.20. The van der Waals surface area contributed by atoms with E-state index < -0.39 is 22.6 Å². The summed E-state index contributed by atoms with van der Waals surface area (Å²) in [4.78, 5) is 30.5. The Morgan fingerprint density at radius 2 is 1.68 bits per heavy atom. The van der Waals surface area contributed by atoms with Crippen LogP contribution in [-0.2, 0) is 24.3 Å². The van der Waals surface area contributed by atoms with Crippen LogP contribution in [0.5, 0.6) is 0 Å². The summed E-state index contributed by atoms with van der Waals surface area (Å²) >= 11 is 5.83. The lowest BCUT2D eigenvalue weighted by Crippen LogP contribution is -2.51. The Hall–Kier alpha value is -3.27. The SMILES string of the molecule is O=C(/C=C/c1ccc2ccccc2n1)OCC(=O)N1CCN(S(=O)(=O)c2ccc(Cl)cc2)CC1. The Morgan fingerprint density at radius 3 is 2.41 bits per heavy atom. The predicted molar refractivity (Wildman–Crippen MR) is 129 cm³/mol. The second kappa shape index (κ2) is 10.3. The number of carbonyl (C=O) groups is 2. The molecule has 3 aromatic rings. The van der Waals surface area contributed by atoms with Gasteiger partial charge < -0.3 is 9.64 Å². The number of ether oxygens (including phenoxy) is 1. The van der Waals surface area contributed by atoms with Crippen LogP contribution in [0.15, 0.2) is 71.6 Å². The smallest absolute Gasteiger partial charge is 0.331 e. The van der Waals surface area contributed by atoms with Gasteiger partial charge in [-0.25, -0.2) is 18.2 Å². The first-order chi connectivity index (χ1) is 16.3. The molecule has 0 N–H and O–H groups in total. The average Bonchev–Trinajstić information content (AvgIpc) is 2.86. The number of piperazine rings is 1. The van der Waals surface area contributed by atoms with Crippen molar-refractivity contribution >= 4 is 50.5 Å². The van der Waals surface area contributed by atoms with E-state index in [0.29, 0.717) is 10.7 Å². The van der Waals surface area contributed by atoms with Gasteiger partial charge in [0, 0.05) is 42.7 Å². The molecular weight excluding hydrogens is 478 g/mol. The Labute approximate surface area is 202 Å². The molecular formula is C24H22ClN3O5S. The number of sulfonamides is 1. The van der Waals surface area contributed by atoms with Crippen molar-refractivity contribution < 1.29 is 22.7 Å². The number of rotatable bonds is 6. The van der Waals surface area contributed by atoms with E-state index in [9.17, 15) is 18.0 Å². The van der Waals surface area contributed by atoms with Crippen LogP contribution in [-0.4, -0.2) is 67.3 Å². The number of amides is 1. The molecule has 1 saturated heterocycles. The molecule has 176 valence electrons. The first kappa shape index (κ1) is 23.9. The van der Waals surface area contributed by atoms with E-state index in [-0.39, 0.29) is 37.0 Å². The highest BCUT2D eigenvalue weighted by molar-refractivity contribution is 7.89. The normalized spacial score (nSPS) is 15.0. The molecule has 4 rings (SSSR count). The Balaban J connectivity index is 1.26. The fourth-order valence-corrected chi connectivity index (χ4v) is 5.08. The van der Waals surface area contributed by atoms with Crippen LogP contribution >= 0.6 is 11.6 Å². The summed E-state index contributed by atoms with van der Waals surface area (Å²) in [5.74, 6) is -1.04. The molecule has 1 aliphatic rings. The summed E-state index contributed by atoms with van der Waals surface area (Å²) in [5, 5.41) is 1.45. The Kier molecular flexibility index (Phi) is 7.26. The topological polar surface area (TPSA) is 96.9 Å². The number of halogens is 1. The maximum absolute atomic E-state index is 12.7. The summed E-state index contributed by atoms with van der Waals surface area (Å²) in [6.45, 7) is 0.300. The van der Waals surface area contributed by atoms with Crippen molar-refractivity contribution in [2.75, 3.05) is 32.8 Å². The maximum Gasteiger partial charge on any atom is 0.331 e. The summed E-state index contributed by atoms with van der Waals surface area (Å²) < 4.78 is 31.9. The molecule has 1 amide bonds. The van der Waals surface area contributed by atoms with E-state index in [1.165, 1.54) is 45.6 Å². The monoisotopic (exact) mass is 499 g/mol. The molecule has 0 radical (unpaired) electrons. The van der Waals surface area contributed by atoms with Gasteiger partial charge >= 0.3 is 5.97 Å². The lowest BCUT2D eigenvalue weighted by Gasteiger charge is -2.33. The third-order valence-corrected chi connectivity index (χ3v) is 7.56. The van der Waals surface area contributed by atoms with E-state index in [1.807, 2.05) is 30.3 Å². The molecule has 0 bridgehead atoms. The zero-order valence-corrected chi connectivity index (χ0v) is 19.7. The van der Waals surface area contributed by atoms with Gasteiger partial charge in [0.2, 0.25) is 10.0 Å². The molecule has 0 aliphatic carbocycles. The predicted octanol–water partition coefficient (Wildman–Crippen LogP) is 2.98. The van der Waals surface area contributed by atoms with Crippen molar-refractivity contribution in [3.63, 3.8) is 0 Å². The van der Waals surface area contributed by atoms with Gasteiger partial charge in [-0.15, -0.1) is 0 Å². The summed E-state index contributed by atoms with van der Waals surface area (Å²) in [5.41, 5.74) is 1.41. The number of carbonyl (C=O) groups excluding carboxylic acids is 2. The molecule has 1 aliphatic heterocycles. The van der Waals surface area contributed by atoms with Crippen molar-refractivity contribution in [1.29, 1.82) is 0 Å². The summed E-state index contributed by atoms with van der Waals surface area (Å²) in [6, 6.07) is 17.3. The van der Waals surface area contributed by atoms with Crippen molar-refractivity contribution in [1.82, 2.24) is 14.2 Å². The molecule has 2 aromatic carbocycles. The summed E-state index contributed by atoms with van der Waals surface area (Å²) in [6.07, 6.45) is 2.75. The number of hydrogen-bond donors (Lipinski definition) is 0. The zero-order valence-electron chi connectivity index (χ0n) is 18.1. The largest absolute Gasteiger partial charge is 0.452 e. The van der Waals surface area contributed by atoms with Crippen molar-refractivity contribution in [3.8, 4) is 0 Å². The Bertz CT molecular complexity index is 1330. The number of aromatic nitrogens is 1. The van der Waals surface area contributed by atoms with E-state index in [1.54, 1.807) is 6.07 Å². The van der Waals surface area contributed by atoms with E-state index >= 15 is 0 Å². The van der Waals surface area contributed by atoms with E-state index in [0.717, 1.165) is 10.9 Å². The van der Waals surface area contributed by atoms with Gasteiger partial charge in [-0.1, -0.05) is 35.9 Å². The van der Waals surface area contributed by atoms with Gasteiger partial charge in [-0.2, -0.15) is 4.31 Å². The van der Waals surface area contributed by atoms with Crippen LogP contribution in [0.2, 0.25) is 5.02 Å². The van der Waals surface area contributed by atoms with Gasteiger partial charge in [-0.05, 0) is 42.5 Å². The third kappa shape index (κ3) is 5.61. The molecule has 34 heavy (non-hydrogen) atoms. The average molecular weight is 500 g/mol. The first-order valence-corrected chi connectivity index (χ1v) is 12.4. The lowest BCUT2D eigenvalue weighted by molar-refractivity contribution is -0.148. The van der Waals surface area contributed by atoms with Gasteiger partial charge in [-0.3, -0.25) is 4.79 Å². The molecule has 0 atom stereocenters. The standard InChI is InChI=1S/C24H22ClN3O5S/c25-19-6-10-21(11-7-19)34(31,32)28-15-13-27(14-16-28)23(29)17-33-24(30)12-9-20-8-5-18-3-1-2-4-22(18)26-20/h1-12H,13-17H2/b12-9+. The number of hydrogen-bond acceptors (Lipinski definition) is 6. The number of benzene rings is 2. The van der Waals surface area contributed by atoms with E-state index in [2.05, 4.69) is 4.98 Å². The maximum atomic E-state index is 12.7. The lowest BCUT2D eigenvalue weighted by atomic mass is 10.2. The van der Waals surface area contributed by atoms with E-state index in [4.69, 9.17) is 16.3 Å². The number of esters is 1. The van der Waals surface area contributed by atoms with Crippen LogP contribution in [0, 0.1) is 0 Å². The van der Waals surface area contributed by atoms with Gasteiger partial charge in [0.1, 0.15) is 0 Å². The molecule has 10 heteroatoms. The number of pyridine rings is 1. The molecule has 0 spiro atoms. The molecule has 1 fully saturated rings. The number of fused-ring (bicyclic) bond motifs is 1. The second-order valence-electron chi connectivity index (χ2n) is 7.61. The van der Waals surface area contributed by atoms with Crippen LogP contribution in [0.1, 0.15) is 5.69 Å². The van der Waals surface area contributed by atoms with Gasteiger partial charge in [0.05, 0.1) is 16.1 Å². The van der Waals surface area contributed by atoms with Crippen LogP contribution in [0.3, 0.4) is 0 Å². The van der Waals surface area contributed by atoms with Gasteiger partial charge in [0.15, 0.2) is 6.61 Å². The number of nitrogens with zero attached hydrogens (tertiary/aromatic N) is 3.